The molecule has 0 aliphatic heterocycles. The van der Waals surface area contributed by atoms with Gasteiger partial charge in [0.2, 0.25) is 0 Å². The molecule has 94 valence electrons. The molecule has 2 aromatic rings. The molecule has 0 saturated heterocycles. The maximum Gasteiger partial charge on any atom is 0.0844 e. The summed E-state index contributed by atoms with van der Waals surface area (Å²) in [7, 11) is 0. The highest BCUT2D eigenvalue weighted by atomic mass is 35.5. The summed E-state index contributed by atoms with van der Waals surface area (Å²) in [6.45, 7) is 0. The molecular formula is C12H8Cl4N2. The minimum absolute atomic E-state index is 0.174. The second kappa shape index (κ2) is 5.06. The van der Waals surface area contributed by atoms with Crippen LogP contribution in [0.2, 0.25) is 20.1 Å². The summed E-state index contributed by atoms with van der Waals surface area (Å²) in [4.78, 5) is 0. The van der Waals surface area contributed by atoms with Gasteiger partial charge in [-0.3, -0.25) is 0 Å². The van der Waals surface area contributed by atoms with E-state index in [1.165, 1.54) is 0 Å². The van der Waals surface area contributed by atoms with Gasteiger partial charge in [0.25, 0.3) is 0 Å². The first kappa shape index (κ1) is 13.6. The molecule has 2 rings (SSSR count). The van der Waals surface area contributed by atoms with Crippen molar-refractivity contribution in [1.82, 2.24) is 0 Å². The lowest BCUT2D eigenvalue weighted by Crippen LogP contribution is -1.93. The van der Waals surface area contributed by atoms with Crippen molar-refractivity contribution in [1.29, 1.82) is 0 Å². The Morgan fingerprint density at radius 1 is 0.667 bits per heavy atom. The first-order valence-electron chi connectivity index (χ1n) is 4.90. The summed E-state index contributed by atoms with van der Waals surface area (Å²) >= 11 is 24.4. The van der Waals surface area contributed by atoms with Crippen molar-refractivity contribution in [2.75, 3.05) is 11.5 Å². The normalized spacial score (nSPS) is 10.7. The van der Waals surface area contributed by atoms with Crippen LogP contribution >= 0.6 is 46.4 Å². The molecule has 0 aliphatic carbocycles. The number of rotatable bonds is 1. The molecule has 0 aromatic heterocycles. The molecule has 0 fully saturated rings. The molecule has 0 atom stereocenters. The number of benzene rings is 2. The summed E-state index contributed by atoms with van der Waals surface area (Å²) < 4.78 is 0. The second-order valence-corrected chi connectivity index (χ2v) is 5.18. The molecule has 4 N–H and O–H groups in total. The monoisotopic (exact) mass is 320 g/mol. The lowest BCUT2D eigenvalue weighted by molar-refractivity contribution is 1.60. The molecular weight excluding hydrogens is 314 g/mol. The number of hydrogen-bond acceptors (Lipinski definition) is 2. The maximum atomic E-state index is 6.16. The summed E-state index contributed by atoms with van der Waals surface area (Å²) in [6.07, 6.45) is 0. The van der Waals surface area contributed by atoms with Crippen molar-refractivity contribution in [3.63, 3.8) is 0 Å². The fraction of sp³-hybridized carbons (Fsp3) is 0. The first-order chi connectivity index (χ1) is 8.43. The van der Waals surface area contributed by atoms with E-state index in [-0.39, 0.29) is 25.8 Å². The van der Waals surface area contributed by atoms with E-state index >= 15 is 0 Å². The zero-order valence-corrected chi connectivity index (χ0v) is 12.0. The minimum Gasteiger partial charge on any atom is -0.399 e. The van der Waals surface area contributed by atoms with E-state index < -0.39 is 0 Å². The highest BCUT2D eigenvalue weighted by molar-refractivity contribution is 6.52. The van der Waals surface area contributed by atoms with E-state index in [1.54, 1.807) is 24.3 Å². The molecule has 0 unspecified atom stereocenters. The number of hydrogen-bond donors (Lipinski definition) is 2. The molecule has 18 heavy (non-hydrogen) atoms. The Hall–Kier alpha value is -0.800. The third kappa shape index (κ3) is 2.21. The van der Waals surface area contributed by atoms with Gasteiger partial charge in [-0.05, 0) is 17.7 Å². The lowest BCUT2D eigenvalue weighted by atomic mass is 10.0. The molecule has 0 aliphatic rings. The van der Waals surface area contributed by atoms with E-state index in [2.05, 4.69) is 0 Å². The Balaban J connectivity index is 2.75. The van der Waals surface area contributed by atoms with Gasteiger partial charge in [0.05, 0.1) is 25.8 Å². The number of anilines is 2. The predicted octanol–water partition coefficient (Wildman–Crippen LogP) is 5.13. The highest BCUT2D eigenvalue weighted by Crippen LogP contribution is 2.47. The van der Waals surface area contributed by atoms with Crippen molar-refractivity contribution in [2.45, 2.75) is 0 Å². The van der Waals surface area contributed by atoms with Gasteiger partial charge < -0.3 is 11.5 Å². The Morgan fingerprint density at radius 2 is 1.11 bits per heavy atom. The van der Waals surface area contributed by atoms with Crippen LogP contribution < -0.4 is 11.5 Å². The summed E-state index contributed by atoms with van der Waals surface area (Å²) in [6, 6.07) is 7.04. The highest BCUT2D eigenvalue weighted by Gasteiger charge is 2.19. The molecule has 2 aromatic carbocycles. The molecule has 6 heteroatoms. The third-order valence-corrected chi connectivity index (χ3v) is 4.23. The average molecular weight is 322 g/mol. The fourth-order valence-corrected chi connectivity index (χ4v) is 2.64. The van der Waals surface area contributed by atoms with Crippen LogP contribution in [0, 0.1) is 0 Å². The van der Waals surface area contributed by atoms with Gasteiger partial charge in [-0.15, -0.1) is 0 Å². The molecule has 0 saturated carbocycles. The Bertz CT molecular complexity index is 579. The number of nitrogens with two attached hydrogens (primary N) is 2. The SMILES string of the molecule is Nc1ccc(-c2c(Cl)c(Cl)c(N)c(Cl)c2Cl)cc1. The topological polar surface area (TPSA) is 52.0 Å². The van der Waals surface area contributed by atoms with E-state index in [1.807, 2.05) is 0 Å². The Labute approximate surface area is 124 Å². The van der Waals surface area contributed by atoms with Crippen LogP contribution in [0.3, 0.4) is 0 Å². The van der Waals surface area contributed by atoms with Gasteiger partial charge >= 0.3 is 0 Å². The van der Waals surface area contributed by atoms with Gasteiger partial charge in [0.15, 0.2) is 0 Å². The Morgan fingerprint density at radius 3 is 1.56 bits per heavy atom. The number of halogens is 4. The van der Waals surface area contributed by atoms with E-state index in [9.17, 15) is 0 Å². The maximum absolute atomic E-state index is 6.16. The predicted molar refractivity (Wildman–Crippen MR) is 80.7 cm³/mol. The van der Waals surface area contributed by atoms with Crippen molar-refractivity contribution >= 4 is 57.8 Å². The summed E-state index contributed by atoms with van der Waals surface area (Å²) in [5.41, 5.74) is 13.5. The smallest absolute Gasteiger partial charge is 0.0844 e. The standard InChI is InChI=1S/C12H8Cl4N2/c13-8-7(5-1-3-6(17)4-2-5)9(14)11(16)12(18)10(8)15/h1-4H,17-18H2. The third-order valence-electron chi connectivity index (χ3n) is 2.50. The van der Waals surface area contributed by atoms with E-state index in [0.29, 0.717) is 11.3 Å². The van der Waals surface area contributed by atoms with E-state index in [4.69, 9.17) is 57.9 Å². The molecule has 0 heterocycles. The lowest BCUT2D eigenvalue weighted by Gasteiger charge is -2.13. The number of nitrogen functional groups attached to an aromatic ring is 2. The van der Waals surface area contributed by atoms with Gasteiger partial charge in [-0.2, -0.15) is 0 Å². The van der Waals surface area contributed by atoms with Crippen LogP contribution in [-0.2, 0) is 0 Å². The van der Waals surface area contributed by atoms with E-state index in [0.717, 1.165) is 5.56 Å². The zero-order chi connectivity index (χ0) is 13.4. The molecule has 0 radical (unpaired) electrons. The average Bonchev–Trinajstić information content (AvgIpc) is 2.36. The van der Waals surface area contributed by atoms with Gasteiger partial charge in [0, 0.05) is 11.3 Å². The van der Waals surface area contributed by atoms with Crippen molar-refractivity contribution in [2.24, 2.45) is 0 Å². The molecule has 0 bridgehead atoms. The molecule has 2 nitrogen and oxygen atoms in total. The zero-order valence-electron chi connectivity index (χ0n) is 8.98. The second-order valence-electron chi connectivity index (χ2n) is 3.67. The largest absolute Gasteiger partial charge is 0.399 e. The van der Waals surface area contributed by atoms with Crippen molar-refractivity contribution in [3.05, 3.63) is 44.4 Å². The quantitative estimate of drug-likeness (QED) is 0.565. The minimum atomic E-state index is 0.174. The molecule has 0 spiro atoms. The van der Waals surface area contributed by atoms with Crippen LogP contribution in [0.25, 0.3) is 11.1 Å². The van der Waals surface area contributed by atoms with Crippen LogP contribution in [0.15, 0.2) is 24.3 Å². The van der Waals surface area contributed by atoms with Crippen LogP contribution in [0.1, 0.15) is 0 Å². The van der Waals surface area contributed by atoms with Crippen LogP contribution in [-0.4, -0.2) is 0 Å². The fourth-order valence-electron chi connectivity index (χ4n) is 1.55. The van der Waals surface area contributed by atoms with Crippen LogP contribution in [0.4, 0.5) is 11.4 Å². The van der Waals surface area contributed by atoms with Crippen molar-refractivity contribution < 1.29 is 0 Å². The van der Waals surface area contributed by atoms with Gasteiger partial charge in [-0.1, -0.05) is 58.5 Å². The first-order valence-corrected chi connectivity index (χ1v) is 6.42. The summed E-state index contributed by atoms with van der Waals surface area (Å²) in [5, 5.41) is 0.928. The van der Waals surface area contributed by atoms with Gasteiger partial charge in [0.1, 0.15) is 0 Å². The van der Waals surface area contributed by atoms with Gasteiger partial charge in [-0.25, -0.2) is 0 Å². The van der Waals surface area contributed by atoms with Crippen LogP contribution in [0.5, 0.6) is 0 Å². The Kier molecular flexibility index (Phi) is 3.83. The van der Waals surface area contributed by atoms with Crippen molar-refractivity contribution in [3.8, 4) is 11.1 Å². The summed E-state index contributed by atoms with van der Waals surface area (Å²) in [5.74, 6) is 0. The molecule has 0 amide bonds.